The van der Waals surface area contributed by atoms with Crippen LogP contribution < -0.4 is 4.74 Å². The average molecular weight is 461 g/mol. The number of benzene rings is 2. The van der Waals surface area contributed by atoms with Gasteiger partial charge in [0.2, 0.25) is 0 Å². The Morgan fingerprint density at radius 3 is 2.26 bits per heavy atom. The van der Waals surface area contributed by atoms with Crippen LogP contribution in [0.3, 0.4) is 0 Å². The Bertz CT molecular complexity index is 1250. The van der Waals surface area contributed by atoms with Crippen LogP contribution in [0.2, 0.25) is 0 Å². The molecule has 3 rings (SSSR count). The van der Waals surface area contributed by atoms with Crippen LogP contribution >= 0.6 is 0 Å². The molecule has 0 saturated carbocycles. The first kappa shape index (κ1) is 25.2. The predicted octanol–water partition coefficient (Wildman–Crippen LogP) is 8.26. The highest BCUT2D eigenvalue weighted by Crippen LogP contribution is 2.40. The number of rotatable bonds is 9. The molecule has 0 amide bonds. The van der Waals surface area contributed by atoms with E-state index in [0.717, 1.165) is 34.9 Å². The Hall–Kier alpha value is -3.40. The van der Waals surface area contributed by atoms with Crippen molar-refractivity contribution in [2.75, 3.05) is 7.11 Å². The van der Waals surface area contributed by atoms with E-state index in [1.807, 2.05) is 12.1 Å². The maximum Gasteiger partial charge on any atom is 0.142 e. The van der Waals surface area contributed by atoms with Gasteiger partial charge in [0.15, 0.2) is 0 Å². The third-order valence-electron chi connectivity index (χ3n) is 5.90. The van der Waals surface area contributed by atoms with Gasteiger partial charge < -0.3 is 19.4 Å². The third kappa shape index (κ3) is 6.13. The van der Waals surface area contributed by atoms with Gasteiger partial charge in [-0.2, -0.15) is 0 Å². The fourth-order valence-corrected chi connectivity index (χ4v) is 4.00. The number of phenols is 2. The first-order valence-corrected chi connectivity index (χ1v) is 11.8. The molecule has 0 aliphatic rings. The minimum Gasteiger partial charge on any atom is -0.508 e. The quantitative estimate of drug-likeness (QED) is 0.315. The number of furan rings is 1. The van der Waals surface area contributed by atoms with Crippen molar-refractivity contribution in [3.05, 3.63) is 76.4 Å². The SMILES string of the molecule is COc1cc(O)cc(-c2cc3ccc(O)c(CC=C(C)CCC=C(C)C)c3o2)c1CC=C(C)C. The zero-order chi connectivity index (χ0) is 24.8. The van der Waals surface area contributed by atoms with E-state index in [2.05, 4.69) is 52.8 Å². The van der Waals surface area contributed by atoms with Gasteiger partial charge in [0.25, 0.3) is 0 Å². The van der Waals surface area contributed by atoms with E-state index in [1.165, 1.54) is 16.7 Å². The van der Waals surface area contributed by atoms with Gasteiger partial charge in [-0.25, -0.2) is 0 Å². The molecule has 0 unspecified atom stereocenters. The van der Waals surface area contributed by atoms with Crippen molar-refractivity contribution in [3.8, 4) is 28.6 Å². The number of fused-ring (bicyclic) bond motifs is 1. The Labute approximate surface area is 202 Å². The van der Waals surface area contributed by atoms with Crippen molar-refractivity contribution in [2.24, 2.45) is 0 Å². The first-order chi connectivity index (χ1) is 16.2. The number of hydrogen-bond donors (Lipinski definition) is 2. The summed E-state index contributed by atoms with van der Waals surface area (Å²) in [6.07, 6.45) is 9.77. The second-order valence-electron chi connectivity index (χ2n) is 9.33. The summed E-state index contributed by atoms with van der Waals surface area (Å²) in [7, 11) is 1.60. The predicted molar refractivity (Wildman–Crippen MR) is 141 cm³/mol. The summed E-state index contributed by atoms with van der Waals surface area (Å²) in [6, 6.07) is 8.88. The molecule has 34 heavy (non-hydrogen) atoms. The monoisotopic (exact) mass is 460 g/mol. The van der Waals surface area contributed by atoms with Gasteiger partial charge in [-0.3, -0.25) is 0 Å². The molecular weight excluding hydrogens is 424 g/mol. The highest BCUT2D eigenvalue weighted by atomic mass is 16.5. The molecule has 1 heterocycles. The summed E-state index contributed by atoms with van der Waals surface area (Å²) >= 11 is 0. The second-order valence-corrected chi connectivity index (χ2v) is 9.33. The molecule has 2 N–H and O–H groups in total. The highest BCUT2D eigenvalue weighted by Gasteiger charge is 2.18. The van der Waals surface area contributed by atoms with Crippen LogP contribution in [-0.2, 0) is 12.8 Å². The third-order valence-corrected chi connectivity index (χ3v) is 5.90. The van der Waals surface area contributed by atoms with E-state index in [4.69, 9.17) is 9.15 Å². The molecule has 0 aliphatic carbocycles. The zero-order valence-electron chi connectivity index (χ0n) is 21.2. The molecule has 3 aromatic rings. The molecule has 1 aromatic heterocycles. The van der Waals surface area contributed by atoms with Crippen LogP contribution in [0.5, 0.6) is 17.2 Å². The Kier molecular flexibility index (Phi) is 8.27. The van der Waals surface area contributed by atoms with Crippen LogP contribution in [0.15, 0.2) is 69.7 Å². The van der Waals surface area contributed by atoms with Crippen LogP contribution in [0.25, 0.3) is 22.3 Å². The minimum absolute atomic E-state index is 0.117. The molecule has 0 saturated heterocycles. The summed E-state index contributed by atoms with van der Waals surface area (Å²) in [5, 5.41) is 21.8. The lowest BCUT2D eigenvalue weighted by molar-refractivity contribution is 0.403. The van der Waals surface area contributed by atoms with Gasteiger partial charge in [0.1, 0.15) is 28.6 Å². The number of phenolic OH excluding ortho intramolecular Hbond substituents is 2. The Morgan fingerprint density at radius 1 is 0.882 bits per heavy atom. The molecule has 0 atom stereocenters. The fourth-order valence-electron chi connectivity index (χ4n) is 4.00. The largest absolute Gasteiger partial charge is 0.508 e. The molecule has 0 radical (unpaired) electrons. The van der Waals surface area contributed by atoms with Crippen molar-refractivity contribution >= 4 is 11.0 Å². The van der Waals surface area contributed by atoms with Crippen molar-refractivity contribution < 1.29 is 19.4 Å². The standard InChI is InChI=1S/C30H36O4/c1-19(2)8-7-9-21(5)11-14-25-27(32)15-12-22-16-29(34-30(22)25)26-17-23(31)18-28(33-6)24(26)13-10-20(3)4/h8,10-12,15-18,31-32H,7,9,13-14H2,1-6H3. The van der Waals surface area contributed by atoms with Crippen molar-refractivity contribution in [2.45, 2.75) is 60.3 Å². The number of hydrogen-bond acceptors (Lipinski definition) is 4. The molecule has 0 aliphatic heterocycles. The van der Waals surface area contributed by atoms with E-state index in [-0.39, 0.29) is 11.5 Å². The minimum atomic E-state index is 0.117. The van der Waals surface area contributed by atoms with Gasteiger partial charge in [-0.05, 0) is 84.6 Å². The van der Waals surface area contributed by atoms with E-state index < -0.39 is 0 Å². The zero-order valence-corrected chi connectivity index (χ0v) is 21.2. The van der Waals surface area contributed by atoms with E-state index >= 15 is 0 Å². The van der Waals surface area contributed by atoms with Crippen LogP contribution in [-0.4, -0.2) is 17.3 Å². The Morgan fingerprint density at radius 2 is 1.59 bits per heavy atom. The van der Waals surface area contributed by atoms with Crippen LogP contribution in [0.1, 0.15) is 58.6 Å². The van der Waals surface area contributed by atoms with E-state index in [0.29, 0.717) is 29.9 Å². The lowest BCUT2D eigenvalue weighted by Gasteiger charge is -2.12. The molecule has 180 valence electrons. The molecule has 4 nitrogen and oxygen atoms in total. The number of allylic oxidation sites excluding steroid dienone is 6. The second kappa shape index (κ2) is 11.1. The number of aromatic hydroxyl groups is 2. The van der Waals surface area contributed by atoms with Gasteiger partial charge in [0.05, 0.1) is 7.11 Å². The highest BCUT2D eigenvalue weighted by molar-refractivity contribution is 5.88. The number of methoxy groups -OCH3 is 1. The van der Waals surface area contributed by atoms with Crippen LogP contribution in [0, 0.1) is 0 Å². The first-order valence-electron chi connectivity index (χ1n) is 11.8. The van der Waals surface area contributed by atoms with Gasteiger partial charge in [0, 0.05) is 28.1 Å². The molecule has 0 fully saturated rings. The summed E-state index contributed by atoms with van der Waals surface area (Å²) < 4.78 is 11.9. The lowest BCUT2D eigenvalue weighted by Crippen LogP contribution is -1.95. The number of ether oxygens (including phenoxy) is 1. The van der Waals surface area contributed by atoms with Crippen molar-refractivity contribution in [1.29, 1.82) is 0 Å². The van der Waals surface area contributed by atoms with Crippen molar-refractivity contribution in [3.63, 3.8) is 0 Å². The molecule has 2 aromatic carbocycles. The summed E-state index contributed by atoms with van der Waals surface area (Å²) in [4.78, 5) is 0. The molecule has 4 heteroatoms. The summed E-state index contributed by atoms with van der Waals surface area (Å²) in [5.41, 5.74) is 6.96. The van der Waals surface area contributed by atoms with Gasteiger partial charge >= 0.3 is 0 Å². The smallest absolute Gasteiger partial charge is 0.142 e. The maximum absolute atomic E-state index is 10.6. The van der Waals surface area contributed by atoms with Crippen molar-refractivity contribution in [1.82, 2.24) is 0 Å². The molecule has 0 bridgehead atoms. The maximum atomic E-state index is 10.6. The van der Waals surface area contributed by atoms with Gasteiger partial charge in [-0.1, -0.05) is 34.9 Å². The normalized spacial score (nSPS) is 11.5. The summed E-state index contributed by atoms with van der Waals surface area (Å²) in [5.74, 6) is 1.59. The fraction of sp³-hybridized carbons (Fsp3) is 0.333. The summed E-state index contributed by atoms with van der Waals surface area (Å²) in [6.45, 7) is 10.5. The lowest BCUT2D eigenvalue weighted by atomic mass is 9.99. The molecular formula is C30H36O4. The van der Waals surface area contributed by atoms with E-state index in [9.17, 15) is 10.2 Å². The average Bonchev–Trinajstić information content (AvgIpc) is 3.20. The molecule has 0 spiro atoms. The van der Waals surface area contributed by atoms with Crippen LogP contribution in [0.4, 0.5) is 0 Å². The topological polar surface area (TPSA) is 62.8 Å². The Balaban J connectivity index is 2.03. The van der Waals surface area contributed by atoms with Gasteiger partial charge in [-0.15, -0.1) is 0 Å². The van der Waals surface area contributed by atoms with E-state index in [1.54, 1.807) is 25.3 Å².